The second kappa shape index (κ2) is 4.55. The lowest BCUT2D eigenvalue weighted by Crippen LogP contribution is -2.22. The lowest BCUT2D eigenvalue weighted by atomic mass is 10.0. The molecule has 0 spiro atoms. The van der Waals surface area contributed by atoms with Crippen molar-refractivity contribution in [1.82, 2.24) is 9.78 Å². The Labute approximate surface area is 114 Å². The average Bonchev–Trinajstić information content (AvgIpc) is 2.76. The molecule has 3 nitrogen and oxygen atoms in total. The molecule has 2 aromatic rings. The minimum atomic E-state index is -0.121. The van der Waals surface area contributed by atoms with Gasteiger partial charge in [0.15, 0.2) is 0 Å². The largest absolute Gasteiger partial charge is 0.265 e. The highest BCUT2D eigenvalue weighted by Crippen LogP contribution is 2.26. The fourth-order valence-corrected chi connectivity index (χ4v) is 1.90. The summed E-state index contributed by atoms with van der Waals surface area (Å²) in [6.07, 6.45) is 1.82. The van der Waals surface area contributed by atoms with Crippen molar-refractivity contribution in [2.45, 2.75) is 40.2 Å². The molecule has 19 heavy (non-hydrogen) atoms. The quantitative estimate of drug-likeness (QED) is 0.775. The summed E-state index contributed by atoms with van der Waals surface area (Å²) in [6.45, 7) is 10.4. The Morgan fingerprint density at radius 3 is 2.37 bits per heavy atom. The van der Waals surface area contributed by atoms with Gasteiger partial charge < -0.3 is 0 Å². The van der Waals surface area contributed by atoms with Gasteiger partial charge in [0.05, 0.1) is 11.1 Å². The summed E-state index contributed by atoms with van der Waals surface area (Å²) in [5.41, 5.74) is 4.73. The molecule has 0 aliphatic heterocycles. The maximum atomic E-state index is 9.28. The number of hydrogen-bond acceptors (Lipinski definition) is 2. The summed E-state index contributed by atoms with van der Waals surface area (Å²) in [7, 11) is 0. The van der Waals surface area contributed by atoms with Crippen molar-refractivity contribution in [2.24, 2.45) is 0 Å². The van der Waals surface area contributed by atoms with Gasteiger partial charge in [-0.3, -0.25) is 4.68 Å². The zero-order valence-corrected chi connectivity index (χ0v) is 12.2. The molecular weight excluding hydrogens is 234 g/mol. The van der Waals surface area contributed by atoms with Crippen LogP contribution in [0.25, 0.3) is 11.3 Å². The number of nitrogens with zero attached hydrogens (tertiary/aromatic N) is 3. The Bertz CT molecular complexity index is 652. The average molecular weight is 253 g/mol. The number of nitriles is 1. The Hall–Kier alpha value is -2.08. The van der Waals surface area contributed by atoms with Gasteiger partial charge in [0.2, 0.25) is 0 Å². The summed E-state index contributed by atoms with van der Waals surface area (Å²) < 4.78 is 1.86. The molecule has 0 saturated carbocycles. The topological polar surface area (TPSA) is 41.6 Å². The monoisotopic (exact) mass is 253 g/mol. The van der Waals surface area contributed by atoms with E-state index in [-0.39, 0.29) is 5.54 Å². The van der Waals surface area contributed by atoms with E-state index in [2.05, 4.69) is 57.9 Å². The van der Waals surface area contributed by atoms with Crippen LogP contribution in [-0.4, -0.2) is 9.78 Å². The van der Waals surface area contributed by atoms with Gasteiger partial charge in [-0.25, -0.2) is 0 Å². The molecule has 98 valence electrons. The van der Waals surface area contributed by atoms with Crippen LogP contribution >= 0.6 is 0 Å². The summed E-state index contributed by atoms with van der Waals surface area (Å²) in [5.74, 6) is 0. The molecule has 1 aromatic heterocycles. The van der Waals surface area contributed by atoms with Crippen molar-refractivity contribution in [3.05, 3.63) is 41.1 Å². The minimum Gasteiger partial charge on any atom is -0.265 e. The molecule has 0 fully saturated rings. The SMILES string of the molecule is Cc1ccc(-c2nn(C(C)(C)C)cc2C#N)cc1C. The first kappa shape index (κ1) is 13.4. The van der Waals surface area contributed by atoms with Crippen molar-refractivity contribution in [1.29, 1.82) is 5.26 Å². The lowest BCUT2D eigenvalue weighted by Gasteiger charge is -2.18. The second-order valence-electron chi connectivity index (χ2n) is 5.92. The van der Waals surface area contributed by atoms with E-state index in [9.17, 15) is 5.26 Å². The maximum Gasteiger partial charge on any atom is 0.110 e. The van der Waals surface area contributed by atoms with E-state index in [4.69, 9.17) is 0 Å². The van der Waals surface area contributed by atoms with Crippen LogP contribution in [0.4, 0.5) is 0 Å². The normalized spacial score (nSPS) is 11.4. The van der Waals surface area contributed by atoms with E-state index < -0.39 is 0 Å². The van der Waals surface area contributed by atoms with E-state index in [1.165, 1.54) is 11.1 Å². The highest BCUT2D eigenvalue weighted by Gasteiger charge is 2.19. The van der Waals surface area contributed by atoms with E-state index in [1.807, 2.05) is 16.9 Å². The van der Waals surface area contributed by atoms with Crippen LogP contribution in [0, 0.1) is 25.2 Å². The Balaban J connectivity index is 2.59. The number of aromatic nitrogens is 2. The summed E-state index contributed by atoms with van der Waals surface area (Å²) in [4.78, 5) is 0. The van der Waals surface area contributed by atoms with Crippen LogP contribution in [0.3, 0.4) is 0 Å². The lowest BCUT2D eigenvalue weighted by molar-refractivity contribution is 0.356. The van der Waals surface area contributed by atoms with Crippen molar-refractivity contribution >= 4 is 0 Å². The first-order valence-electron chi connectivity index (χ1n) is 6.41. The molecule has 0 N–H and O–H groups in total. The number of rotatable bonds is 1. The predicted octanol–water partition coefficient (Wildman–Crippen LogP) is 3.79. The van der Waals surface area contributed by atoms with Gasteiger partial charge in [0, 0.05) is 11.8 Å². The van der Waals surface area contributed by atoms with Gasteiger partial charge >= 0.3 is 0 Å². The van der Waals surface area contributed by atoms with Crippen LogP contribution in [0.1, 0.15) is 37.5 Å². The smallest absolute Gasteiger partial charge is 0.110 e. The molecule has 0 amide bonds. The maximum absolute atomic E-state index is 9.28. The summed E-state index contributed by atoms with van der Waals surface area (Å²) >= 11 is 0. The molecule has 0 bridgehead atoms. The summed E-state index contributed by atoms with van der Waals surface area (Å²) in [6, 6.07) is 8.42. The van der Waals surface area contributed by atoms with Crippen LogP contribution in [0.15, 0.2) is 24.4 Å². The number of aryl methyl sites for hydroxylation is 2. The van der Waals surface area contributed by atoms with E-state index in [0.29, 0.717) is 5.56 Å². The summed E-state index contributed by atoms with van der Waals surface area (Å²) in [5, 5.41) is 13.9. The highest BCUT2D eigenvalue weighted by molar-refractivity contribution is 5.67. The standard InChI is InChI=1S/C16H19N3/c1-11-6-7-13(8-12(11)2)15-14(9-17)10-19(18-15)16(3,4)5/h6-8,10H,1-5H3. The van der Waals surface area contributed by atoms with Gasteiger partial charge in [0.1, 0.15) is 11.8 Å². The third-order valence-corrected chi connectivity index (χ3v) is 3.30. The van der Waals surface area contributed by atoms with Crippen molar-refractivity contribution in [3.63, 3.8) is 0 Å². The third kappa shape index (κ3) is 2.53. The molecule has 0 aliphatic carbocycles. The minimum absolute atomic E-state index is 0.121. The molecule has 0 saturated heterocycles. The molecule has 0 unspecified atom stereocenters. The Morgan fingerprint density at radius 1 is 1.16 bits per heavy atom. The van der Waals surface area contributed by atoms with Gasteiger partial charge in [-0.05, 0) is 51.8 Å². The van der Waals surface area contributed by atoms with Crippen molar-refractivity contribution in [2.75, 3.05) is 0 Å². The number of benzene rings is 1. The van der Waals surface area contributed by atoms with Crippen LogP contribution < -0.4 is 0 Å². The van der Waals surface area contributed by atoms with Crippen LogP contribution in [0.5, 0.6) is 0 Å². The molecule has 2 rings (SSSR count). The first-order valence-corrected chi connectivity index (χ1v) is 6.41. The van der Waals surface area contributed by atoms with Gasteiger partial charge in [-0.1, -0.05) is 12.1 Å². The van der Waals surface area contributed by atoms with E-state index in [0.717, 1.165) is 11.3 Å². The van der Waals surface area contributed by atoms with Gasteiger partial charge in [-0.2, -0.15) is 10.4 Å². The highest BCUT2D eigenvalue weighted by atomic mass is 15.3. The van der Waals surface area contributed by atoms with Crippen LogP contribution in [-0.2, 0) is 5.54 Å². The van der Waals surface area contributed by atoms with E-state index in [1.54, 1.807) is 0 Å². The molecule has 0 radical (unpaired) electrons. The molecule has 1 heterocycles. The Kier molecular flexibility index (Phi) is 3.20. The van der Waals surface area contributed by atoms with Gasteiger partial charge in [-0.15, -0.1) is 0 Å². The molecular formula is C16H19N3. The second-order valence-corrected chi connectivity index (χ2v) is 5.92. The van der Waals surface area contributed by atoms with Crippen molar-refractivity contribution in [3.8, 4) is 17.3 Å². The Morgan fingerprint density at radius 2 is 1.84 bits per heavy atom. The van der Waals surface area contributed by atoms with Crippen LogP contribution in [0.2, 0.25) is 0 Å². The molecule has 0 atom stereocenters. The van der Waals surface area contributed by atoms with E-state index >= 15 is 0 Å². The van der Waals surface area contributed by atoms with Crippen molar-refractivity contribution < 1.29 is 0 Å². The zero-order valence-electron chi connectivity index (χ0n) is 12.2. The first-order chi connectivity index (χ1) is 8.82. The molecule has 3 heteroatoms. The fraction of sp³-hybridized carbons (Fsp3) is 0.375. The van der Waals surface area contributed by atoms with Gasteiger partial charge in [0.25, 0.3) is 0 Å². The third-order valence-electron chi connectivity index (χ3n) is 3.30. The fourth-order valence-electron chi connectivity index (χ4n) is 1.90. The number of hydrogen-bond donors (Lipinski definition) is 0. The predicted molar refractivity (Wildman–Crippen MR) is 76.8 cm³/mol. The molecule has 0 aliphatic rings. The molecule has 1 aromatic carbocycles. The zero-order chi connectivity index (χ0) is 14.2.